The Morgan fingerprint density at radius 1 is 1.20 bits per heavy atom. The molecule has 0 saturated carbocycles. The van der Waals surface area contributed by atoms with Gasteiger partial charge >= 0.3 is 6.03 Å². The predicted molar refractivity (Wildman–Crippen MR) is 108 cm³/mol. The molecule has 2 atom stereocenters. The Bertz CT molecular complexity index is 829. The van der Waals surface area contributed by atoms with Gasteiger partial charge in [-0.25, -0.2) is 4.79 Å². The smallest absolute Gasteiger partial charge is 0.328 e. The molecular formula is C21H28N4O5. The Balaban J connectivity index is 1.35. The summed E-state index contributed by atoms with van der Waals surface area (Å²) in [4.78, 5) is 43.7. The third kappa shape index (κ3) is 4.21. The van der Waals surface area contributed by atoms with Gasteiger partial charge in [0.2, 0.25) is 5.91 Å². The summed E-state index contributed by atoms with van der Waals surface area (Å²) in [6, 6.07) is 7.06. The number of hydrogen-bond acceptors (Lipinski definition) is 6. The minimum Gasteiger partial charge on any atom is -0.486 e. The highest BCUT2D eigenvalue weighted by atomic mass is 16.6. The van der Waals surface area contributed by atoms with E-state index in [4.69, 9.17) is 9.47 Å². The van der Waals surface area contributed by atoms with Crippen molar-refractivity contribution in [2.75, 3.05) is 53.4 Å². The maximum atomic E-state index is 12.8. The molecule has 9 nitrogen and oxygen atoms in total. The minimum atomic E-state index is -0.367. The number of para-hydroxylation sites is 2. The standard InChI is InChI=1S/C21H28N4O5/c1-22(2)19(26)12-24-13-20(27)25(21(24)28)15-6-5-9-23(10-15)11-16-14-29-17-7-3-4-8-18(17)30-16/h3-4,7-8,15-16H,5-6,9-14H2,1-2H3/t15-,16-/m0/s1. The van der Waals surface area contributed by atoms with Crippen molar-refractivity contribution in [3.63, 3.8) is 0 Å². The van der Waals surface area contributed by atoms with Gasteiger partial charge in [0.05, 0.1) is 6.04 Å². The maximum Gasteiger partial charge on any atom is 0.328 e. The number of urea groups is 1. The fourth-order valence-electron chi connectivity index (χ4n) is 4.20. The molecule has 0 aromatic heterocycles. The average Bonchev–Trinajstić information content (AvgIpc) is 3.01. The fourth-order valence-corrected chi connectivity index (χ4v) is 4.20. The number of fused-ring (bicyclic) bond motifs is 1. The van der Waals surface area contributed by atoms with Gasteiger partial charge in [-0.05, 0) is 31.5 Å². The van der Waals surface area contributed by atoms with E-state index in [1.54, 1.807) is 14.1 Å². The number of likely N-dealkylation sites (tertiary alicyclic amines) is 1. The van der Waals surface area contributed by atoms with E-state index in [2.05, 4.69) is 4.90 Å². The molecule has 0 bridgehead atoms. The fraction of sp³-hybridized carbons (Fsp3) is 0.571. The van der Waals surface area contributed by atoms with Crippen molar-refractivity contribution in [3.05, 3.63) is 24.3 Å². The van der Waals surface area contributed by atoms with Crippen molar-refractivity contribution in [2.24, 2.45) is 0 Å². The third-order valence-electron chi connectivity index (χ3n) is 5.77. The molecule has 4 rings (SSSR count). The van der Waals surface area contributed by atoms with Gasteiger partial charge in [-0.1, -0.05) is 12.1 Å². The number of ether oxygens (including phenoxy) is 2. The van der Waals surface area contributed by atoms with Gasteiger partial charge in [-0.15, -0.1) is 0 Å². The Morgan fingerprint density at radius 3 is 2.73 bits per heavy atom. The summed E-state index contributed by atoms with van der Waals surface area (Å²) in [5.41, 5.74) is 0. The van der Waals surface area contributed by atoms with Gasteiger partial charge in [0, 0.05) is 27.2 Å². The topological polar surface area (TPSA) is 82.6 Å². The summed E-state index contributed by atoms with van der Waals surface area (Å²) >= 11 is 0. The van der Waals surface area contributed by atoms with Crippen LogP contribution in [0.4, 0.5) is 4.79 Å². The predicted octanol–water partition coefficient (Wildman–Crippen LogP) is 0.643. The van der Waals surface area contributed by atoms with Crippen LogP contribution in [0.1, 0.15) is 12.8 Å². The number of nitrogens with zero attached hydrogens (tertiary/aromatic N) is 4. The van der Waals surface area contributed by atoms with Crippen molar-refractivity contribution >= 4 is 17.8 Å². The zero-order valence-corrected chi connectivity index (χ0v) is 17.5. The van der Waals surface area contributed by atoms with Crippen molar-refractivity contribution in [1.82, 2.24) is 19.6 Å². The molecule has 1 aromatic carbocycles. The van der Waals surface area contributed by atoms with Crippen LogP contribution in [0, 0.1) is 0 Å². The number of rotatable bonds is 5. The first-order valence-electron chi connectivity index (χ1n) is 10.3. The lowest BCUT2D eigenvalue weighted by Crippen LogP contribution is -2.53. The van der Waals surface area contributed by atoms with Crippen LogP contribution in [0.2, 0.25) is 0 Å². The van der Waals surface area contributed by atoms with Crippen molar-refractivity contribution < 1.29 is 23.9 Å². The molecule has 3 aliphatic rings. The molecule has 0 spiro atoms. The largest absolute Gasteiger partial charge is 0.486 e. The Labute approximate surface area is 176 Å². The Hall–Kier alpha value is -2.81. The minimum absolute atomic E-state index is 0.0364. The quantitative estimate of drug-likeness (QED) is 0.656. The highest BCUT2D eigenvalue weighted by molar-refractivity contribution is 6.03. The van der Waals surface area contributed by atoms with E-state index in [0.29, 0.717) is 19.7 Å². The lowest BCUT2D eigenvalue weighted by Gasteiger charge is -2.38. The van der Waals surface area contributed by atoms with Crippen LogP contribution in [-0.4, -0.2) is 103 Å². The second kappa shape index (κ2) is 8.51. The van der Waals surface area contributed by atoms with Gasteiger partial charge in [0.25, 0.3) is 5.91 Å². The van der Waals surface area contributed by atoms with Crippen molar-refractivity contribution in [1.29, 1.82) is 0 Å². The van der Waals surface area contributed by atoms with Crippen LogP contribution in [0.5, 0.6) is 11.5 Å². The van der Waals surface area contributed by atoms with E-state index in [-0.39, 0.29) is 43.1 Å². The molecule has 9 heteroatoms. The molecule has 2 fully saturated rings. The van der Waals surface area contributed by atoms with Gasteiger partial charge in [-0.2, -0.15) is 0 Å². The SMILES string of the molecule is CN(C)C(=O)CN1CC(=O)N([C@H]2CCCN(C[C@H]3COc4ccccc4O3)C2)C1=O. The summed E-state index contributed by atoms with van der Waals surface area (Å²) in [6.45, 7) is 2.53. The van der Waals surface area contributed by atoms with Crippen LogP contribution in [0.3, 0.4) is 0 Å². The number of benzene rings is 1. The zero-order valence-electron chi connectivity index (χ0n) is 17.5. The number of piperidine rings is 1. The van der Waals surface area contributed by atoms with E-state index in [9.17, 15) is 14.4 Å². The summed E-state index contributed by atoms with van der Waals surface area (Å²) in [5.74, 6) is 1.07. The monoisotopic (exact) mass is 416 g/mol. The highest BCUT2D eigenvalue weighted by Gasteiger charge is 2.42. The highest BCUT2D eigenvalue weighted by Crippen LogP contribution is 2.31. The molecule has 0 radical (unpaired) electrons. The first kappa shape index (κ1) is 20.5. The first-order chi connectivity index (χ1) is 14.4. The summed E-state index contributed by atoms with van der Waals surface area (Å²) in [7, 11) is 3.27. The van der Waals surface area contributed by atoms with E-state index in [0.717, 1.165) is 30.9 Å². The van der Waals surface area contributed by atoms with E-state index in [1.165, 1.54) is 14.7 Å². The van der Waals surface area contributed by atoms with Gasteiger partial charge in [0.1, 0.15) is 25.8 Å². The molecular weight excluding hydrogens is 388 g/mol. The molecule has 0 unspecified atom stereocenters. The first-order valence-corrected chi connectivity index (χ1v) is 10.3. The lowest BCUT2D eigenvalue weighted by atomic mass is 10.0. The Morgan fingerprint density at radius 2 is 1.97 bits per heavy atom. The van der Waals surface area contributed by atoms with Crippen LogP contribution < -0.4 is 9.47 Å². The van der Waals surface area contributed by atoms with Crippen LogP contribution in [0.25, 0.3) is 0 Å². The summed E-state index contributed by atoms with van der Waals surface area (Å²) in [5, 5.41) is 0. The molecule has 4 amide bonds. The Kier molecular flexibility index (Phi) is 5.80. The van der Waals surface area contributed by atoms with Crippen molar-refractivity contribution in [3.8, 4) is 11.5 Å². The molecule has 0 N–H and O–H groups in total. The van der Waals surface area contributed by atoms with E-state index >= 15 is 0 Å². The van der Waals surface area contributed by atoms with Gasteiger partial charge in [0.15, 0.2) is 11.5 Å². The molecule has 162 valence electrons. The van der Waals surface area contributed by atoms with E-state index in [1.807, 2.05) is 24.3 Å². The number of amides is 4. The second-order valence-corrected chi connectivity index (χ2v) is 8.24. The lowest BCUT2D eigenvalue weighted by molar-refractivity contribution is -0.129. The average molecular weight is 416 g/mol. The number of imide groups is 1. The van der Waals surface area contributed by atoms with E-state index < -0.39 is 0 Å². The van der Waals surface area contributed by atoms with Gasteiger partial charge in [-0.3, -0.25) is 19.4 Å². The number of carbonyl (C=O) groups is 3. The zero-order chi connectivity index (χ0) is 21.3. The van der Waals surface area contributed by atoms with Crippen molar-refractivity contribution in [2.45, 2.75) is 25.0 Å². The third-order valence-corrected chi connectivity index (χ3v) is 5.77. The number of carbonyl (C=O) groups excluding carboxylic acids is 3. The molecule has 3 heterocycles. The molecule has 3 aliphatic heterocycles. The van der Waals surface area contributed by atoms with Crippen LogP contribution in [0.15, 0.2) is 24.3 Å². The van der Waals surface area contributed by atoms with Crippen LogP contribution in [-0.2, 0) is 9.59 Å². The van der Waals surface area contributed by atoms with Crippen LogP contribution >= 0.6 is 0 Å². The number of hydrogen-bond donors (Lipinski definition) is 0. The maximum absolute atomic E-state index is 12.8. The molecule has 2 saturated heterocycles. The number of likely N-dealkylation sites (N-methyl/N-ethyl adjacent to an activating group) is 1. The second-order valence-electron chi connectivity index (χ2n) is 8.24. The molecule has 30 heavy (non-hydrogen) atoms. The molecule has 0 aliphatic carbocycles. The molecule has 1 aromatic rings. The summed E-state index contributed by atoms with van der Waals surface area (Å²) < 4.78 is 11.9. The van der Waals surface area contributed by atoms with Gasteiger partial charge < -0.3 is 19.3 Å². The normalized spacial score (nSPS) is 24.3. The summed E-state index contributed by atoms with van der Waals surface area (Å²) in [6.07, 6.45) is 1.56.